The van der Waals surface area contributed by atoms with Crippen LogP contribution in [0.15, 0.2) is 82.8 Å². The summed E-state index contributed by atoms with van der Waals surface area (Å²) in [7, 11) is -3.36. The lowest BCUT2D eigenvalue weighted by Gasteiger charge is -2.11. The second-order valence-electron chi connectivity index (χ2n) is 6.72. The Morgan fingerprint density at radius 1 is 1.00 bits per heavy atom. The van der Waals surface area contributed by atoms with Crippen LogP contribution in [0.3, 0.4) is 0 Å². The summed E-state index contributed by atoms with van der Waals surface area (Å²) >= 11 is 7.74. The van der Waals surface area contributed by atoms with Crippen molar-refractivity contribution in [3.63, 3.8) is 0 Å². The molecule has 1 atom stereocenters. The van der Waals surface area contributed by atoms with Gasteiger partial charge >= 0.3 is 0 Å². The van der Waals surface area contributed by atoms with Crippen LogP contribution < -0.4 is 11.5 Å². The number of thiocarbonyl (C=S) groups is 2. The molecule has 0 spiro atoms. The molecule has 0 fully saturated rings. The number of hydrogen-bond donors (Lipinski definition) is 4. The SMILES string of the molecule is C.C=CC(C)c1occ(-c2ccccc2S(C)(=O)=O)c1-c1ccccc1.NC(O)=S.NC(O)=S.O. The van der Waals surface area contributed by atoms with Gasteiger partial charge in [0.15, 0.2) is 9.84 Å². The molecule has 8 nitrogen and oxygen atoms in total. The van der Waals surface area contributed by atoms with Crippen molar-refractivity contribution in [1.82, 2.24) is 0 Å². The van der Waals surface area contributed by atoms with Crippen LogP contribution in [-0.2, 0) is 9.84 Å². The minimum atomic E-state index is -3.36. The first-order chi connectivity index (χ1) is 15.4. The highest BCUT2D eigenvalue weighted by atomic mass is 32.2. The Hall–Kier alpha value is -3.25. The van der Waals surface area contributed by atoms with Crippen LogP contribution in [0.25, 0.3) is 22.3 Å². The van der Waals surface area contributed by atoms with Crippen LogP contribution in [0, 0.1) is 0 Å². The average molecular weight is 541 g/mol. The van der Waals surface area contributed by atoms with E-state index in [0.717, 1.165) is 22.5 Å². The first-order valence-electron chi connectivity index (χ1n) is 9.45. The summed E-state index contributed by atoms with van der Waals surface area (Å²) in [6.07, 6.45) is 4.68. The molecule has 1 heterocycles. The lowest BCUT2D eigenvalue weighted by Crippen LogP contribution is -2.03. The highest BCUT2D eigenvalue weighted by molar-refractivity contribution is 7.90. The molecule has 0 saturated heterocycles. The van der Waals surface area contributed by atoms with Gasteiger partial charge in [0.05, 0.1) is 11.2 Å². The fraction of sp³-hybridized carbons (Fsp3) is 0.167. The molecule has 3 aromatic rings. The number of allylic oxidation sites excluding steroid dienone is 1. The fourth-order valence-electron chi connectivity index (χ4n) is 2.93. The Balaban J connectivity index is 0. The van der Waals surface area contributed by atoms with E-state index in [4.69, 9.17) is 14.6 Å². The van der Waals surface area contributed by atoms with Crippen molar-refractivity contribution in [2.75, 3.05) is 6.26 Å². The first-order valence-corrected chi connectivity index (χ1v) is 12.2. The summed E-state index contributed by atoms with van der Waals surface area (Å²) in [6.45, 7) is 5.86. The van der Waals surface area contributed by atoms with Crippen molar-refractivity contribution < 1.29 is 28.5 Å². The van der Waals surface area contributed by atoms with E-state index in [2.05, 4.69) is 42.5 Å². The van der Waals surface area contributed by atoms with Gasteiger partial charge in [-0.1, -0.05) is 69.0 Å². The molecule has 1 aromatic heterocycles. The molecule has 0 aliphatic carbocycles. The second-order valence-corrected chi connectivity index (χ2v) is 9.54. The number of furan rings is 1. The van der Waals surface area contributed by atoms with E-state index in [1.807, 2.05) is 55.5 Å². The normalized spacial score (nSPS) is 10.5. The molecule has 0 bridgehead atoms. The molecule has 0 aliphatic heterocycles. The molecule has 8 N–H and O–H groups in total. The number of nitrogens with two attached hydrogens (primary N) is 2. The Morgan fingerprint density at radius 3 is 1.91 bits per heavy atom. The number of sulfone groups is 1. The number of rotatable bonds is 5. The van der Waals surface area contributed by atoms with Crippen molar-refractivity contribution in [3.05, 3.63) is 79.3 Å². The van der Waals surface area contributed by atoms with Crippen molar-refractivity contribution in [3.8, 4) is 22.3 Å². The first kappa shape index (κ1) is 33.9. The molecular formula is C24H32N2O6S3. The zero-order valence-electron chi connectivity index (χ0n) is 18.6. The molecular weight excluding hydrogens is 508 g/mol. The maximum atomic E-state index is 12.2. The predicted molar refractivity (Wildman–Crippen MR) is 150 cm³/mol. The maximum Gasteiger partial charge on any atom is 0.251 e. The largest absolute Gasteiger partial charge is 0.487 e. The lowest BCUT2D eigenvalue weighted by molar-refractivity contribution is 0.501. The van der Waals surface area contributed by atoms with E-state index >= 15 is 0 Å². The number of hydrogen-bond acceptors (Lipinski definition) is 5. The molecule has 11 heteroatoms. The molecule has 0 amide bonds. The maximum absolute atomic E-state index is 12.2. The van der Waals surface area contributed by atoms with Gasteiger partial charge in [0.1, 0.15) is 5.76 Å². The van der Waals surface area contributed by atoms with E-state index in [9.17, 15) is 8.42 Å². The highest BCUT2D eigenvalue weighted by Gasteiger charge is 2.23. The van der Waals surface area contributed by atoms with Crippen LogP contribution >= 0.6 is 24.4 Å². The van der Waals surface area contributed by atoms with E-state index in [1.165, 1.54) is 6.26 Å². The summed E-state index contributed by atoms with van der Waals surface area (Å²) in [5.74, 6) is 0.786. The molecule has 1 unspecified atom stereocenters. The van der Waals surface area contributed by atoms with Gasteiger partial charge < -0.3 is 31.6 Å². The van der Waals surface area contributed by atoms with Crippen LogP contribution in [0.1, 0.15) is 26.0 Å². The average Bonchev–Trinajstić information content (AvgIpc) is 3.17. The summed E-state index contributed by atoms with van der Waals surface area (Å²) in [5.41, 5.74) is 12.1. The third-order valence-electron chi connectivity index (χ3n) is 4.23. The monoisotopic (exact) mass is 540 g/mol. The molecule has 3 rings (SSSR count). The van der Waals surface area contributed by atoms with Crippen molar-refractivity contribution in [2.45, 2.75) is 25.2 Å². The van der Waals surface area contributed by atoms with Gasteiger partial charge in [-0.2, -0.15) is 0 Å². The fourth-order valence-corrected chi connectivity index (χ4v) is 3.83. The minimum absolute atomic E-state index is 0. The third-order valence-corrected chi connectivity index (χ3v) is 5.38. The third kappa shape index (κ3) is 10.7. The van der Waals surface area contributed by atoms with Crippen LogP contribution in [0.4, 0.5) is 0 Å². The molecule has 0 radical (unpaired) electrons. The van der Waals surface area contributed by atoms with E-state index < -0.39 is 20.2 Å². The van der Waals surface area contributed by atoms with Gasteiger partial charge in [0.2, 0.25) is 0 Å². The van der Waals surface area contributed by atoms with Crippen LogP contribution in [0.5, 0.6) is 0 Å². The number of aliphatic hydroxyl groups excluding tert-OH is 2. The van der Waals surface area contributed by atoms with E-state index in [1.54, 1.807) is 18.4 Å². The molecule has 0 aliphatic rings. The predicted octanol–water partition coefficient (Wildman–Crippen LogP) is 4.69. The molecule has 0 saturated carbocycles. The molecule has 35 heavy (non-hydrogen) atoms. The van der Waals surface area contributed by atoms with Gasteiger partial charge in [-0.25, -0.2) is 8.42 Å². The zero-order valence-corrected chi connectivity index (χ0v) is 21.1. The molecule has 192 valence electrons. The van der Waals surface area contributed by atoms with Crippen molar-refractivity contribution in [2.24, 2.45) is 11.5 Å². The van der Waals surface area contributed by atoms with Crippen LogP contribution in [0.2, 0.25) is 0 Å². The summed E-state index contributed by atoms with van der Waals surface area (Å²) in [5, 5.41) is 14.1. The quantitative estimate of drug-likeness (QED) is 0.264. The summed E-state index contributed by atoms with van der Waals surface area (Å²) < 4.78 is 30.3. The van der Waals surface area contributed by atoms with Gasteiger partial charge in [0.25, 0.3) is 10.3 Å². The Kier molecular flexibility index (Phi) is 15.1. The topological polar surface area (TPSA) is 171 Å². The lowest BCUT2D eigenvalue weighted by atomic mass is 9.93. The van der Waals surface area contributed by atoms with Gasteiger partial charge in [-0.05, 0) is 36.1 Å². The summed E-state index contributed by atoms with van der Waals surface area (Å²) in [4.78, 5) is 0.297. The number of aliphatic hydroxyl groups is 2. The Morgan fingerprint density at radius 2 is 1.46 bits per heavy atom. The highest BCUT2D eigenvalue weighted by Crippen LogP contribution is 2.42. The standard InChI is InChI=1S/C21H20O3S.2CH3NOS.CH4.H2O/c1-4-15(2)21-20(16-10-6-5-7-11-16)18(14-24-21)17-12-8-9-13-19(17)25(3,22)23;2*2-1(3)4;;/h4-15H,1H2,2-3H3;2*(H3,2,3,4);1H4;1H2. The zero-order chi connectivity index (χ0) is 25.2. The number of benzene rings is 2. The van der Waals surface area contributed by atoms with E-state index in [0.29, 0.717) is 10.5 Å². The molecule has 2 aromatic carbocycles. The van der Waals surface area contributed by atoms with Crippen molar-refractivity contribution in [1.29, 1.82) is 0 Å². The smallest absolute Gasteiger partial charge is 0.251 e. The van der Waals surface area contributed by atoms with Crippen molar-refractivity contribution >= 4 is 44.6 Å². The minimum Gasteiger partial charge on any atom is -0.487 e. The summed E-state index contributed by atoms with van der Waals surface area (Å²) in [6, 6.07) is 16.9. The van der Waals surface area contributed by atoms with E-state index in [-0.39, 0.29) is 18.8 Å². The van der Waals surface area contributed by atoms with Gasteiger partial charge in [-0.15, -0.1) is 6.58 Å². The second kappa shape index (κ2) is 15.6. The van der Waals surface area contributed by atoms with Gasteiger partial charge in [0, 0.05) is 28.9 Å². The van der Waals surface area contributed by atoms with Crippen LogP contribution in [-0.4, -0.2) is 40.7 Å². The Labute approximate surface area is 217 Å². The Bertz CT molecular complexity index is 1190. The van der Waals surface area contributed by atoms with Gasteiger partial charge in [-0.3, -0.25) is 0 Å².